The number of hydrogen-bond acceptors (Lipinski definition) is 0. The Kier molecular flexibility index (Phi) is 4.26. The molecule has 0 N–H and O–H groups in total. The van der Waals surface area contributed by atoms with Crippen molar-refractivity contribution in [3.8, 4) is 0 Å². The van der Waals surface area contributed by atoms with E-state index in [1.165, 1.54) is 0 Å². The van der Waals surface area contributed by atoms with Crippen LogP contribution in [0.3, 0.4) is 0 Å². The molecule has 100 valence electrons. The third-order valence-corrected chi connectivity index (χ3v) is 4.33. The van der Waals surface area contributed by atoms with Crippen molar-refractivity contribution in [2.75, 3.05) is 0 Å². The highest BCUT2D eigenvalue weighted by atomic mass is 79.9. The molecule has 0 aliphatic carbocycles. The molecule has 1 atom stereocenters. The van der Waals surface area contributed by atoms with Gasteiger partial charge in [-0.25, -0.2) is 8.78 Å². The van der Waals surface area contributed by atoms with Gasteiger partial charge in [-0.2, -0.15) is 0 Å². The van der Waals surface area contributed by atoms with E-state index < -0.39 is 11.6 Å². The molecule has 0 saturated heterocycles. The van der Waals surface area contributed by atoms with Crippen LogP contribution in [0.25, 0.3) is 0 Å². The van der Waals surface area contributed by atoms with E-state index in [4.69, 9.17) is 11.6 Å². The molecule has 0 aliphatic rings. The van der Waals surface area contributed by atoms with Crippen LogP contribution in [0.1, 0.15) is 27.1 Å². The summed E-state index contributed by atoms with van der Waals surface area (Å²) < 4.78 is 26.5. The Hall–Kier alpha value is -0.930. The minimum atomic E-state index is -0.936. The van der Waals surface area contributed by atoms with E-state index in [1.807, 2.05) is 32.0 Å². The summed E-state index contributed by atoms with van der Waals surface area (Å²) in [5.41, 5.74) is 3.68. The number of alkyl halides is 1. The summed E-state index contributed by atoms with van der Waals surface area (Å²) in [5, 5.41) is 0.210. The number of aryl methyl sites for hydroxylation is 2. The second-order valence-electron chi connectivity index (χ2n) is 4.51. The van der Waals surface area contributed by atoms with Crippen LogP contribution in [0.4, 0.5) is 8.78 Å². The van der Waals surface area contributed by atoms with Gasteiger partial charge in [-0.1, -0.05) is 51.3 Å². The van der Waals surface area contributed by atoms with Gasteiger partial charge in [-0.15, -0.1) is 0 Å². The summed E-state index contributed by atoms with van der Waals surface area (Å²) in [6.45, 7) is 3.95. The molecule has 0 radical (unpaired) electrons. The molecule has 0 fully saturated rings. The molecule has 1 unspecified atom stereocenters. The molecular weight excluding hydrogens is 334 g/mol. The maximum atomic E-state index is 13.4. The van der Waals surface area contributed by atoms with E-state index in [0.29, 0.717) is 5.56 Å². The van der Waals surface area contributed by atoms with Crippen LogP contribution in [0.2, 0.25) is 5.02 Å². The van der Waals surface area contributed by atoms with Crippen molar-refractivity contribution < 1.29 is 8.78 Å². The minimum absolute atomic E-state index is 0.210. The fraction of sp³-hybridized carbons (Fsp3) is 0.200. The zero-order chi connectivity index (χ0) is 14.2. The largest absolute Gasteiger partial charge is 0.204 e. The Labute approximate surface area is 124 Å². The summed E-state index contributed by atoms with van der Waals surface area (Å²) in [6, 6.07) is 8.15. The smallest absolute Gasteiger partial charge is 0.160 e. The van der Waals surface area contributed by atoms with Crippen molar-refractivity contribution in [2.45, 2.75) is 18.7 Å². The summed E-state index contributed by atoms with van der Waals surface area (Å²) in [5.74, 6) is -1.83. The van der Waals surface area contributed by atoms with Crippen molar-refractivity contribution in [1.29, 1.82) is 0 Å². The van der Waals surface area contributed by atoms with Gasteiger partial charge in [0.15, 0.2) is 11.6 Å². The Bertz CT molecular complexity index is 626. The first-order chi connectivity index (χ1) is 8.90. The first kappa shape index (κ1) is 14.5. The lowest BCUT2D eigenvalue weighted by molar-refractivity contribution is 0.507. The van der Waals surface area contributed by atoms with Crippen LogP contribution in [0, 0.1) is 25.5 Å². The van der Waals surface area contributed by atoms with Crippen LogP contribution >= 0.6 is 27.5 Å². The lowest BCUT2D eigenvalue weighted by atomic mass is 9.98. The molecule has 0 nitrogen and oxygen atoms in total. The number of rotatable bonds is 2. The van der Waals surface area contributed by atoms with Crippen molar-refractivity contribution in [3.63, 3.8) is 0 Å². The van der Waals surface area contributed by atoms with Crippen molar-refractivity contribution in [2.24, 2.45) is 0 Å². The van der Waals surface area contributed by atoms with Crippen LogP contribution in [0.5, 0.6) is 0 Å². The molecule has 2 rings (SSSR count). The molecule has 2 aromatic rings. The maximum absolute atomic E-state index is 13.4. The SMILES string of the molecule is Cc1ccc(C)c(C(Br)c2cc(F)c(F)cc2Cl)c1. The Morgan fingerprint density at radius 2 is 1.63 bits per heavy atom. The maximum Gasteiger partial charge on any atom is 0.160 e. The molecule has 0 amide bonds. The predicted molar refractivity (Wildman–Crippen MR) is 78.1 cm³/mol. The second-order valence-corrected chi connectivity index (χ2v) is 5.83. The van der Waals surface area contributed by atoms with Gasteiger partial charge in [0, 0.05) is 5.02 Å². The molecule has 0 saturated carbocycles. The normalized spacial score (nSPS) is 12.5. The Balaban J connectivity index is 2.52. The van der Waals surface area contributed by atoms with E-state index in [-0.39, 0.29) is 9.85 Å². The van der Waals surface area contributed by atoms with Crippen molar-refractivity contribution >= 4 is 27.5 Å². The lowest BCUT2D eigenvalue weighted by Crippen LogP contribution is -1.99. The highest BCUT2D eigenvalue weighted by Gasteiger charge is 2.18. The lowest BCUT2D eigenvalue weighted by Gasteiger charge is -2.16. The van der Waals surface area contributed by atoms with E-state index in [1.54, 1.807) is 0 Å². The van der Waals surface area contributed by atoms with Gasteiger partial charge < -0.3 is 0 Å². The third kappa shape index (κ3) is 2.98. The van der Waals surface area contributed by atoms with Crippen molar-refractivity contribution in [1.82, 2.24) is 0 Å². The molecule has 19 heavy (non-hydrogen) atoms. The molecule has 2 aromatic carbocycles. The topological polar surface area (TPSA) is 0 Å². The zero-order valence-corrected chi connectivity index (χ0v) is 12.8. The summed E-state index contributed by atoms with van der Waals surface area (Å²) in [4.78, 5) is -0.269. The molecule has 0 spiro atoms. The highest BCUT2D eigenvalue weighted by molar-refractivity contribution is 9.09. The first-order valence-corrected chi connectivity index (χ1v) is 7.05. The summed E-state index contributed by atoms with van der Waals surface area (Å²) >= 11 is 9.52. The zero-order valence-electron chi connectivity index (χ0n) is 10.5. The first-order valence-electron chi connectivity index (χ1n) is 5.76. The molecule has 4 heteroatoms. The van der Waals surface area contributed by atoms with Crippen LogP contribution in [-0.4, -0.2) is 0 Å². The molecule has 0 aliphatic heterocycles. The third-order valence-electron chi connectivity index (χ3n) is 3.02. The fourth-order valence-corrected chi connectivity index (χ4v) is 3.20. The van der Waals surface area contributed by atoms with Gasteiger partial charge in [-0.05, 0) is 42.7 Å². The van der Waals surface area contributed by atoms with E-state index in [2.05, 4.69) is 15.9 Å². The average Bonchev–Trinajstić information content (AvgIpc) is 2.36. The molecule has 0 heterocycles. The molecule has 0 aromatic heterocycles. The Morgan fingerprint density at radius 3 is 2.32 bits per heavy atom. The fourth-order valence-electron chi connectivity index (χ4n) is 1.93. The van der Waals surface area contributed by atoms with Crippen LogP contribution < -0.4 is 0 Å². The molecule has 0 bridgehead atoms. The minimum Gasteiger partial charge on any atom is -0.204 e. The van der Waals surface area contributed by atoms with Crippen molar-refractivity contribution in [3.05, 3.63) is 69.2 Å². The highest BCUT2D eigenvalue weighted by Crippen LogP contribution is 2.37. The monoisotopic (exact) mass is 344 g/mol. The van der Waals surface area contributed by atoms with Gasteiger partial charge in [0.05, 0.1) is 4.83 Å². The summed E-state index contributed by atoms with van der Waals surface area (Å²) in [6.07, 6.45) is 0. The van der Waals surface area contributed by atoms with Gasteiger partial charge in [0.25, 0.3) is 0 Å². The number of hydrogen-bond donors (Lipinski definition) is 0. The number of halogens is 4. The summed E-state index contributed by atoms with van der Waals surface area (Å²) in [7, 11) is 0. The Morgan fingerprint density at radius 1 is 1.00 bits per heavy atom. The van der Waals surface area contributed by atoms with Crippen LogP contribution in [0.15, 0.2) is 30.3 Å². The van der Waals surface area contributed by atoms with Gasteiger partial charge >= 0.3 is 0 Å². The van der Waals surface area contributed by atoms with E-state index in [9.17, 15) is 8.78 Å². The van der Waals surface area contributed by atoms with E-state index in [0.717, 1.165) is 28.8 Å². The van der Waals surface area contributed by atoms with Gasteiger partial charge in [-0.3, -0.25) is 0 Å². The standard InChI is InChI=1S/C15H12BrClF2/c1-8-3-4-9(2)10(5-8)15(16)11-6-13(18)14(19)7-12(11)17/h3-7,15H,1-2H3. The number of benzene rings is 2. The molecular formula is C15H12BrClF2. The van der Waals surface area contributed by atoms with E-state index >= 15 is 0 Å². The average molecular weight is 346 g/mol. The predicted octanol–water partition coefficient (Wildman–Crippen LogP) is 5.72. The van der Waals surface area contributed by atoms with Gasteiger partial charge in [0.1, 0.15) is 0 Å². The second kappa shape index (κ2) is 5.59. The van der Waals surface area contributed by atoms with Gasteiger partial charge in [0.2, 0.25) is 0 Å². The quantitative estimate of drug-likeness (QED) is 0.482. The van der Waals surface area contributed by atoms with Crippen LogP contribution in [-0.2, 0) is 0 Å².